The van der Waals surface area contributed by atoms with Gasteiger partial charge in [0.15, 0.2) is 0 Å². The van der Waals surface area contributed by atoms with Gasteiger partial charge in [0.1, 0.15) is 5.76 Å². The van der Waals surface area contributed by atoms with Crippen molar-refractivity contribution in [1.29, 1.82) is 0 Å². The van der Waals surface area contributed by atoms with Crippen molar-refractivity contribution < 1.29 is 35.5 Å². The Morgan fingerprint density at radius 1 is 1.20 bits per heavy atom. The molecule has 1 N–H and O–H groups in total. The molecule has 3 nitrogen and oxygen atoms in total. The van der Waals surface area contributed by atoms with Crippen molar-refractivity contribution in [3.63, 3.8) is 0 Å². The van der Waals surface area contributed by atoms with Crippen LogP contribution >= 0.6 is 0 Å². The maximum Gasteiger partial charge on any atom is 0.423 e. The number of rotatable bonds is 6. The molecule has 116 valence electrons. The molecule has 0 fully saturated rings. The van der Waals surface area contributed by atoms with E-state index < -0.39 is 24.6 Å². The van der Waals surface area contributed by atoms with E-state index in [1.165, 1.54) is 6.26 Å². The summed E-state index contributed by atoms with van der Waals surface area (Å²) in [4.78, 5) is 0. The van der Waals surface area contributed by atoms with E-state index in [4.69, 9.17) is 4.42 Å². The number of nitrogens with one attached hydrogen (secondary N) is 1. The van der Waals surface area contributed by atoms with Crippen LogP contribution in [0, 0.1) is 0 Å². The van der Waals surface area contributed by atoms with Crippen LogP contribution in [-0.4, -0.2) is 31.1 Å². The van der Waals surface area contributed by atoms with Crippen molar-refractivity contribution in [2.75, 3.05) is 6.54 Å². The van der Waals surface area contributed by atoms with Crippen molar-refractivity contribution in [3.05, 3.63) is 24.2 Å². The lowest BCUT2D eigenvalue weighted by Gasteiger charge is -2.26. The fourth-order valence-electron chi connectivity index (χ4n) is 1.43. The standard InChI is InChI=1S/C11H13F6NO2/c1-7(5-18-6-8-3-2-4-19-8)20-9(10(12,13)14)11(15,16)17/h2-4,7,9,18H,5-6H2,1H3. The highest BCUT2D eigenvalue weighted by Crippen LogP contribution is 2.36. The second kappa shape index (κ2) is 6.49. The van der Waals surface area contributed by atoms with E-state index in [0.29, 0.717) is 5.76 Å². The van der Waals surface area contributed by atoms with Gasteiger partial charge in [0.25, 0.3) is 0 Å². The molecule has 1 aromatic rings. The van der Waals surface area contributed by atoms with Crippen molar-refractivity contribution in [2.45, 2.75) is 38.0 Å². The van der Waals surface area contributed by atoms with Gasteiger partial charge in [-0.05, 0) is 19.1 Å². The summed E-state index contributed by atoms with van der Waals surface area (Å²) in [6.07, 6.45) is -14.6. The lowest BCUT2D eigenvalue weighted by molar-refractivity contribution is -0.329. The summed E-state index contributed by atoms with van der Waals surface area (Å²) in [5.41, 5.74) is 0. The SMILES string of the molecule is CC(CNCc1ccco1)OC(C(F)(F)F)C(F)(F)F. The highest BCUT2D eigenvalue weighted by atomic mass is 19.4. The van der Waals surface area contributed by atoms with Crippen LogP contribution in [0.3, 0.4) is 0 Å². The van der Waals surface area contributed by atoms with Crippen LogP contribution in [0.1, 0.15) is 12.7 Å². The minimum absolute atomic E-state index is 0.177. The van der Waals surface area contributed by atoms with Crippen molar-refractivity contribution in [3.8, 4) is 0 Å². The largest absolute Gasteiger partial charge is 0.468 e. The summed E-state index contributed by atoms with van der Waals surface area (Å²) < 4.78 is 82.4. The Morgan fingerprint density at radius 3 is 2.25 bits per heavy atom. The quantitative estimate of drug-likeness (QED) is 0.819. The van der Waals surface area contributed by atoms with Crippen LogP contribution in [0.25, 0.3) is 0 Å². The predicted molar refractivity (Wildman–Crippen MR) is 56.9 cm³/mol. The molecule has 0 bridgehead atoms. The number of hydrogen-bond acceptors (Lipinski definition) is 3. The van der Waals surface area contributed by atoms with E-state index >= 15 is 0 Å². The predicted octanol–water partition coefficient (Wildman–Crippen LogP) is 3.27. The average molecular weight is 305 g/mol. The van der Waals surface area contributed by atoms with Gasteiger partial charge in [-0.1, -0.05) is 0 Å². The molecule has 0 aromatic carbocycles. The van der Waals surface area contributed by atoms with Crippen molar-refractivity contribution in [1.82, 2.24) is 5.32 Å². The molecule has 1 atom stereocenters. The summed E-state index contributed by atoms with van der Waals surface area (Å²) in [6, 6.07) is 3.23. The van der Waals surface area contributed by atoms with Gasteiger partial charge in [0.05, 0.1) is 18.9 Å². The molecule has 1 heterocycles. The molecule has 1 rings (SSSR count). The zero-order chi connectivity index (χ0) is 15.4. The number of ether oxygens (including phenoxy) is 1. The Balaban J connectivity index is 2.44. The van der Waals surface area contributed by atoms with Crippen LogP contribution in [0.4, 0.5) is 26.3 Å². The average Bonchev–Trinajstić information content (AvgIpc) is 2.75. The first kappa shape index (κ1) is 16.8. The zero-order valence-electron chi connectivity index (χ0n) is 10.4. The third-order valence-electron chi connectivity index (χ3n) is 2.27. The van der Waals surface area contributed by atoms with Crippen LogP contribution in [-0.2, 0) is 11.3 Å². The number of hydrogen-bond donors (Lipinski definition) is 1. The minimum atomic E-state index is -5.49. The van der Waals surface area contributed by atoms with Gasteiger partial charge >= 0.3 is 12.4 Å². The topological polar surface area (TPSA) is 34.4 Å². The fraction of sp³-hybridized carbons (Fsp3) is 0.636. The summed E-state index contributed by atoms with van der Waals surface area (Å²) >= 11 is 0. The third kappa shape index (κ3) is 5.41. The van der Waals surface area contributed by atoms with E-state index in [-0.39, 0.29) is 13.1 Å². The molecule has 9 heteroatoms. The first-order valence-electron chi connectivity index (χ1n) is 5.62. The molecule has 0 aliphatic rings. The lowest BCUT2D eigenvalue weighted by Crippen LogP contribution is -2.47. The molecule has 0 aliphatic heterocycles. The van der Waals surface area contributed by atoms with Gasteiger partial charge in [-0.2, -0.15) is 26.3 Å². The van der Waals surface area contributed by atoms with Gasteiger partial charge in [0, 0.05) is 6.54 Å². The van der Waals surface area contributed by atoms with Crippen LogP contribution in [0.15, 0.2) is 22.8 Å². The molecular weight excluding hydrogens is 292 g/mol. The van der Waals surface area contributed by atoms with Gasteiger partial charge in [-0.25, -0.2) is 0 Å². The van der Waals surface area contributed by atoms with Crippen molar-refractivity contribution in [2.24, 2.45) is 0 Å². The second-order valence-corrected chi connectivity index (χ2v) is 4.12. The molecule has 20 heavy (non-hydrogen) atoms. The van der Waals surface area contributed by atoms with E-state index in [1.807, 2.05) is 0 Å². The molecule has 0 amide bonds. The van der Waals surface area contributed by atoms with E-state index in [0.717, 1.165) is 6.92 Å². The molecule has 0 aliphatic carbocycles. The van der Waals surface area contributed by atoms with Crippen LogP contribution < -0.4 is 5.32 Å². The first-order valence-corrected chi connectivity index (χ1v) is 5.62. The smallest absolute Gasteiger partial charge is 0.423 e. The van der Waals surface area contributed by atoms with Gasteiger partial charge in [-0.3, -0.25) is 0 Å². The summed E-state index contributed by atoms with van der Waals surface area (Å²) in [5.74, 6) is 0.514. The fourth-order valence-corrected chi connectivity index (χ4v) is 1.43. The Labute approximate surface area is 110 Å². The maximum atomic E-state index is 12.2. The third-order valence-corrected chi connectivity index (χ3v) is 2.27. The first-order chi connectivity index (χ1) is 9.10. The molecule has 0 radical (unpaired) electrons. The Kier molecular flexibility index (Phi) is 5.46. The van der Waals surface area contributed by atoms with E-state index in [1.54, 1.807) is 12.1 Å². The summed E-state index contributed by atoms with van der Waals surface area (Å²) in [5, 5.41) is 2.64. The molecule has 1 unspecified atom stereocenters. The lowest BCUT2D eigenvalue weighted by atomic mass is 10.3. The van der Waals surface area contributed by atoms with Crippen molar-refractivity contribution >= 4 is 0 Å². The normalized spacial score (nSPS) is 14.8. The van der Waals surface area contributed by atoms with Crippen LogP contribution in [0.5, 0.6) is 0 Å². The molecule has 1 aromatic heterocycles. The van der Waals surface area contributed by atoms with E-state index in [9.17, 15) is 26.3 Å². The monoisotopic (exact) mass is 305 g/mol. The summed E-state index contributed by atoms with van der Waals surface area (Å²) in [6.45, 7) is 1.13. The van der Waals surface area contributed by atoms with Gasteiger partial charge in [0.2, 0.25) is 6.10 Å². The zero-order valence-corrected chi connectivity index (χ0v) is 10.4. The Morgan fingerprint density at radius 2 is 1.80 bits per heavy atom. The summed E-state index contributed by atoms with van der Waals surface area (Å²) in [7, 11) is 0. The number of alkyl halides is 6. The van der Waals surface area contributed by atoms with Gasteiger partial charge < -0.3 is 14.5 Å². The highest BCUT2D eigenvalue weighted by molar-refractivity contribution is 4.97. The molecule has 0 saturated heterocycles. The minimum Gasteiger partial charge on any atom is -0.468 e. The number of halogens is 6. The maximum absolute atomic E-state index is 12.2. The number of furan rings is 1. The highest BCUT2D eigenvalue weighted by Gasteiger charge is 2.58. The molecular formula is C11H13F6NO2. The molecule has 0 spiro atoms. The molecule has 0 saturated carbocycles. The van der Waals surface area contributed by atoms with E-state index in [2.05, 4.69) is 10.1 Å². The Hall–Kier alpha value is -1.22. The Bertz CT molecular complexity index is 373. The van der Waals surface area contributed by atoms with Gasteiger partial charge in [-0.15, -0.1) is 0 Å². The second-order valence-electron chi connectivity index (χ2n) is 4.12. The van der Waals surface area contributed by atoms with Crippen LogP contribution in [0.2, 0.25) is 0 Å².